The van der Waals surface area contributed by atoms with Crippen LogP contribution in [0.2, 0.25) is 0 Å². The lowest BCUT2D eigenvalue weighted by Gasteiger charge is -2.27. The molecule has 7 aromatic rings. The summed E-state index contributed by atoms with van der Waals surface area (Å²) in [6.45, 7) is 0. The van der Waals surface area contributed by atoms with Crippen LogP contribution in [0, 0.1) is 0 Å². The molecule has 2 nitrogen and oxygen atoms in total. The summed E-state index contributed by atoms with van der Waals surface area (Å²) in [6.07, 6.45) is 0. The Morgan fingerprint density at radius 1 is 0.400 bits per heavy atom. The van der Waals surface area contributed by atoms with E-state index in [2.05, 4.69) is 138 Å². The maximum atomic E-state index is 6.34. The third-order valence-corrected chi connectivity index (χ3v) is 7.30. The van der Waals surface area contributed by atoms with Gasteiger partial charge in [-0.25, -0.2) is 0 Å². The minimum absolute atomic E-state index is 0.851. The van der Waals surface area contributed by atoms with E-state index in [9.17, 15) is 0 Å². The van der Waals surface area contributed by atoms with Crippen LogP contribution in [0.25, 0.3) is 44.5 Å². The van der Waals surface area contributed by atoms with Crippen molar-refractivity contribution >= 4 is 28.0 Å². The Hall–Kier alpha value is -5.34. The number of hydrogen-bond donors (Lipinski definition) is 0. The van der Waals surface area contributed by atoms with Crippen LogP contribution in [0.15, 0.2) is 168 Å². The van der Waals surface area contributed by atoms with Crippen LogP contribution < -0.4 is 4.90 Å². The van der Waals surface area contributed by atoms with Gasteiger partial charge in [0.25, 0.3) is 0 Å². The van der Waals surface area contributed by atoms with Crippen molar-refractivity contribution in [1.29, 1.82) is 0 Å². The number of para-hydroxylation sites is 2. The Balaban J connectivity index is 1.36. The van der Waals surface area contributed by atoms with Crippen LogP contribution in [0.4, 0.5) is 17.1 Å². The normalized spacial score (nSPS) is 11.0. The maximum Gasteiger partial charge on any atom is 0.137 e. The number of benzene rings is 6. The van der Waals surface area contributed by atoms with Gasteiger partial charge in [-0.15, -0.1) is 0 Å². The van der Waals surface area contributed by atoms with Gasteiger partial charge in [0.15, 0.2) is 0 Å². The smallest absolute Gasteiger partial charge is 0.137 e. The Morgan fingerprint density at radius 3 is 1.45 bits per heavy atom. The zero-order valence-electron chi connectivity index (χ0n) is 21.9. The summed E-state index contributed by atoms with van der Waals surface area (Å²) in [5, 5.41) is 1.10. The molecule has 0 saturated heterocycles. The lowest BCUT2D eigenvalue weighted by atomic mass is 10.0. The molecule has 0 bridgehead atoms. The summed E-state index contributed by atoms with van der Waals surface area (Å²) in [5.74, 6) is 0.851. The maximum absolute atomic E-state index is 6.34. The third kappa shape index (κ3) is 4.57. The predicted octanol–water partition coefficient (Wildman–Crippen LogP) is 10.9. The highest BCUT2D eigenvalue weighted by Crippen LogP contribution is 2.42. The first-order chi connectivity index (χ1) is 19.8. The average Bonchev–Trinajstić information content (AvgIpc) is 3.47. The van der Waals surface area contributed by atoms with E-state index in [1.165, 1.54) is 22.3 Å². The lowest BCUT2D eigenvalue weighted by molar-refractivity contribution is 0.631. The fourth-order valence-electron chi connectivity index (χ4n) is 5.29. The quantitative estimate of drug-likeness (QED) is 0.220. The second-order valence-electron chi connectivity index (χ2n) is 9.83. The van der Waals surface area contributed by atoms with E-state index in [1.54, 1.807) is 0 Å². The zero-order chi connectivity index (χ0) is 26.7. The van der Waals surface area contributed by atoms with Crippen LogP contribution in [0.5, 0.6) is 0 Å². The highest BCUT2D eigenvalue weighted by Gasteiger charge is 2.19. The van der Waals surface area contributed by atoms with Gasteiger partial charge < -0.3 is 9.32 Å². The zero-order valence-corrected chi connectivity index (χ0v) is 21.9. The number of hydrogen-bond acceptors (Lipinski definition) is 2. The highest BCUT2D eigenvalue weighted by atomic mass is 16.3. The van der Waals surface area contributed by atoms with Crippen molar-refractivity contribution < 1.29 is 4.42 Å². The van der Waals surface area contributed by atoms with Gasteiger partial charge in [0.1, 0.15) is 11.3 Å². The molecule has 2 heteroatoms. The van der Waals surface area contributed by atoms with Gasteiger partial charge >= 0.3 is 0 Å². The summed E-state index contributed by atoms with van der Waals surface area (Å²) in [5.41, 5.74) is 9.93. The lowest BCUT2D eigenvalue weighted by Crippen LogP contribution is -2.11. The van der Waals surface area contributed by atoms with Crippen LogP contribution in [0.3, 0.4) is 0 Å². The van der Waals surface area contributed by atoms with Crippen molar-refractivity contribution in [1.82, 2.24) is 0 Å². The first-order valence-electron chi connectivity index (χ1n) is 13.5. The summed E-state index contributed by atoms with van der Waals surface area (Å²) < 4.78 is 6.34. The van der Waals surface area contributed by atoms with E-state index < -0.39 is 0 Å². The number of fused-ring (bicyclic) bond motifs is 1. The summed E-state index contributed by atoms with van der Waals surface area (Å²) in [6, 6.07) is 57.3. The molecular formula is C38H27NO. The second kappa shape index (κ2) is 10.4. The molecule has 0 aliphatic carbocycles. The molecule has 0 spiro atoms. The topological polar surface area (TPSA) is 16.4 Å². The molecule has 0 N–H and O–H groups in total. The van der Waals surface area contributed by atoms with Crippen LogP contribution in [-0.4, -0.2) is 0 Å². The molecule has 0 amide bonds. The Labute approximate surface area is 234 Å². The van der Waals surface area contributed by atoms with E-state index in [0.29, 0.717) is 0 Å². The van der Waals surface area contributed by atoms with Gasteiger partial charge in [-0.3, -0.25) is 0 Å². The van der Waals surface area contributed by atoms with Gasteiger partial charge in [0, 0.05) is 22.3 Å². The molecule has 0 aliphatic heterocycles. The van der Waals surface area contributed by atoms with Gasteiger partial charge in [0.05, 0.1) is 5.69 Å². The molecule has 0 fully saturated rings. The van der Waals surface area contributed by atoms with E-state index in [4.69, 9.17) is 4.42 Å². The third-order valence-electron chi connectivity index (χ3n) is 7.30. The first kappa shape index (κ1) is 23.8. The summed E-state index contributed by atoms with van der Waals surface area (Å²) >= 11 is 0. The molecule has 1 aromatic heterocycles. The molecule has 6 aromatic carbocycles. The van der Waals surface area contributed by atoms with E-state index in [1.807, 2.05) is 30.3 Å². The van der Waals surface area contributed by atoms with Crippen molar-refractivity contribution in [3.8, 4) is 33.6 Å². The Bertz CT molecular complexity index is 1750. The molecule has 40 heavy (non-hydrogen) atoms. The fraction of sp³-hybridized carbons (Fsp3) is 0. The van der Waals surface area contributed by atoms with Gasteiger partial charge in [-0.1, -0.05) is 115 Å². The van der Waals surface area contributed by atoms with Crippen molar-refractivity contribution in [2.45, 2.75) is 0 Å². The largest absolute Gasteiger partial charge is 0.456 e. The number of furan rings is 1. The molecule has 0 saturated carbocycles. The first-order valence-corrected chi connectivity index (χ1v) is 13.5. The summed E-state index contributed by atoms with van der Waals surface area (Å²) in [4.78, 5) is 2.31. The Kier molecular flexibility index (Phi) is 6.20. The van der Waals surface area contributed by atoms with E-state index in [0.717, 1.165) is 39.4 Å². The minimum atomic E-state index is 0.851. The van der Waals surface area contributed by atoms with E-state index in [-0.39, 0.29) is 0 Å². The van der Waals surface area contributed by atoms with Crippen molar-refractivity contribution in [3.63, 3.8) is 0 Å². The fourth-order valence-corrected chi connectivity index (χ4v) is 5.29. The second-order valence-corrected chi connectivity index (χ2v) is 9.83. The monoisotopic (exact) mass is 513 g/mol. The van der Waals surface area contributed by atoms with Crippen molar-refractivity contribution in [2.75, 3.05) is 4.90 Å². The molecule has 7 rings (SSSR count). The molecule has 190 valence electrons. The van der Waals surface area contributed by atoms with Crippen molar-refractivity contribution in [2.24, 2.45) is 0 Å². The number of anilines is 3. The molecule has 0 unspecified atom stereocenters. The molecule has 0 radical (unpaired) electrons. The number of nitrogens with zero attached hydrogens (tertiary/aromatic N) is 1. The predicted molar refractivity (Wildman–Crippen MR) is 167 cm³/mol. The molecule has 0 atom stereocenters. The van der Waals surface area contributed by atoms with Crippen LogP contribution >= 0.6 is 0 Å². The van der Waals surface area contributed by atoms with E-state index >= 15 is 0 Å². The van der Waals surface area contributed by atoms with Crippen molar-refractivity contribution in [3.05, 3.63) is 164 Å². The van der Waals surface area contributed by atoms with Crippen LogP contribution in [-0.2, 0) is 0 Å². The van der Waals surface area contributed by atoms with Gasteiger partial charge in [-0.05, 0) is 70.8 Å². The Morgan fingerprint density at radius 2 is 0.875 bits per heavy atom. The molecular weight excluding hydrogens is 486 g/mol. The van der Waals surface area contributed by atoms with Gasteiger partial charge in [0.2, 0.25) is 0 Å². The minimum Gasteiger partial charge on any atom is -0.456 e. The average molecular weight is 514 g/mol. The SMILES string of the molecule is c1ccc(-c2ccc(N(c3ccc(-c4ccccc4)cc3)c3ccccc3-c3cc4ccccc4o3)cc2)cc1. The standard InChI is InChI=1S/C38H27NO/c1-3-11-28(12-4-1)30-19-23-33(24-20-30)39(34-25-21-31(22-26-34)29-13-5-2-6-14-29)36-17-9-8-16-35(36)38-27-32-15-7-10-18-37(32)40-38/h1-27H. The van der Waals surface area contributed by atoms with Crippen LogP contribution in [0.1, 0.15) is 0 Å². The number of rotatable bonds is 6. The highest BCUT2D eigenvalue weighted by molar-refractivity contribution is 5.91. The van der Waals surface area contributed by atoms with Gasteiger partial charge in [-0.2, -0.15) is 0 Å². The summed E-state index contributed by atoms with van der Waals surface area (Å²) in [7, 11) is 0. The molecule has 1 heterocycles. The molecule has 0 aliphatic rings.